The Bertz CT molecular complexity index is 1020. The van der Waals surface area contributed by atoms with Crippen LogP contribution in [-0.2, 0) is 11.3 Å². The van der Waals surface area contributed by atoms with Gasteiger partial charge in [0, 0.05) is 31.7 Å². The molecule has 0 bridgehead atoms. The number of aryl methyl sites for hydroxylation is 1. The van der Waals surface area contributed by atoms with Crippen molar-refractivity contribution in [2.75, 3.05) is 23.3 Å². The van der Waals surface area contributed by atoms with Crippen molar-refractivity contribution < 1.29 is 4.79 Å². The van der Waals surface area contributed by atoms with E-state index >= 15 is 0 Å². The van der Waals surface area contributed by atoms with E-state index in [1.54, 1.807) is 4.57 Å². The second-order valence-electron chi connectivity index (χ2n) is 7.09. The number of carbonyl (C=O) groups excluding carboxylic acids is 1. The molecule has 144 valence electrons. The van der Waals surface area contributed by atoms with Crippen LogP contribution in [0.2, 0.25) is 0 Å². The molecule has 1 aromatic heterocycles. The van der Waals surface area contributed by atoms with Crippen molar-refractivity contribution in [3.8, 4) is 0 Å². The summed E-state index contributed by atoms with van der Waals surface area (Å²) in [6, 6.07) is 17.0. The maximum atomic E-state index is 13.2. The Hall–Kier alpha value is -3.15. The highest BCUT2D eigenvalue weighted by molar-refractivity contribution is 5.90. The van der Waals surface area contributed by atoms with Gasteiger partial charge in [0.25, 0.3) is 5.56 Å². The summed E-state index contributed by atoms with van der Waals surface area (Å²) in [4.78, 5) is 32.3. The Morgan fingerprint density at radius 3 is 2.46 bits per heavy atom. The van der Waals surface area contributed by atoms with Crippen LogP contribution >= 0.6 is 0 Å². The molecular formula is C22H24N4O2. The smallest absolute Gasteiger partial charge is 0.294 e. The molecule has 0 aliphatic carbocycles. The number of carbonyl (C=O) groups is 1. The molecule has 1 saturated heterocycles. The summed E-state index contributed by atoms with van der Waals surface area (Å²) >= 11 is 0. The number of aromatic nitrogens is 2. The van der Waals surface area contributed by atoms with Crippen molar-refractivity contribution in [3.63, 3.8) is 0 Å². The van der Waals surface area contributed by atoms with E-state index in [4.69, 9.17) is 0 Å². The number of fused-ring (bicyclic) bond motifs is 1. The van der Waals surface area contributed by atoms with Crippen LogP contribution in [0.4, 0.5) is 11.5 Å². The van der Waals surface area contributed by atoms with Crippen LogP contribution in [0, 0.1) is 0 Å². The Morgan fingerprint density at radius 2 is 1.68 bits per heavy atom. The first-order valence-corrected chi connectivity index (χ1v) is 9.82. The first-order valence-electron chi connectivity index (χ1n) is 9.82. The topological polar surface area (TPSA) is 67.2 Å². The molecule has 1 aliphatic rings. The van der Waals surface area contributed by atoms with Gasteiger partial charge < -0.3 is 14.8 Å². The molecule has 0 radical (unpaired) electrons. The Kier molecular flexibility index (Phi) is 5.37. The summed E-state index contributed by atoms with van der Waals surface area (Å²) in [5, 5.41) is 2.88. The maximum Gasteiger partial charge on any atom is 0.294 e. The van der Waals surface area contributed by atoms with E-state index in [2.05, 4.69) is 15.2 Å². The highest BCUT2D eigenvalue weighted by Crippen LogP contribution is 2.18. The third-order valence-corrected chi connectivity index (χ3v) is 5.11. The molecule has 1 aliphatic heterocycles. The highest BCUT2D eigenvalue weighted by Gasteiger charge is 2.19. The number of anilines is 2. The van der Waals surface area contributed by atoms with Gasteiger partial charge in [-0.25, -0.2) is 4.98 Å². The van der Waals surface area contributed by atoms with Gasteiger partial charge >= 0.3 is 0 Å². The summed E-state index contributed by atoms with van der Waals surface area (Å²) in [6.07, 6.45) is 3.57. The van der Waals surface area contributed by atoms with Crippen molar-refractivity contribution in [2.45, 2.75) is 32.2 Å². The van der Waals surface area contributed by atoms with Gasteiger partial charge in [0.1, 0.15) is 0 Å². The Morgan fingerprint density at radius 1 is 0.964 bits per heavy atom. The molecule has 6 heteroatoms. The Balaban J connectivity index is 1.60. The van der Waals surface area contributed by atoms with Gasteiger partial charge in [0.15, 0.2) is 5.82 Å². The summed E-state index contributed by atoms with van der Waals surface area (Å²) in [6.45, 7) is 2.03. The van der Waals surface area contributed by atoms with Gasteiger partial charge in [0.05, 0.1) is 11.0 Å². The molecule has 2 aromatic carbocycles. The zero-order valence-corrected chi connectivity index (χ0v) is 15.8. The molecule has 0 atom stereocenters. The highest BCUT2D eigenvalue weighted by atomic mass is 16.2. The molecule has 0 spiro atoms. The van der Waals surface area contributed by atoms with Crippen molar-refractivity contribution in [2.24, 2.45) is 0 Å². The molecular weight excluding hydrogens is 352 g/mol. The largest absolute Gasteiger partial charge is 0.352 e. The fourth-order valence-electron chi connectivity index (χ4n) is 3.67. The number of nitrogens with one attached hydrogen (secondary N) is 1. The second-order valence-corrected chi connectivity index (χ2v) is 7.09. The van der Waals surface area contributed by atoms with Gasteiger partial charge in [-0.1, -0.05) is 30.3 Å². The summed E-state index contributed by atoms with van der Waals surface area (Å²) in [5.74, 6) is 0.389. The van der Waals surface area contributed by atoms with Gasteiger partial charge in [-0.05, 0) is 43.5 Å². The van der Waals surface area contributed by atoms with Gasteiger partial charge in [-0.15, -0.1) is 0 Å². The number of nitrogens with zero attached hydrogens (tertiary/aromatic N) is 3. The third-order valence-electron chi connectivity index (χ3n) is 5.11. The van der Waals surface area contributed by atoms with E-state index in [-0.39, 0.29) is 17.9 Å². The van der Waals surface area contributed by atoms with Crippen LogP contribution in [0.15, 0.2) is 59.4 Å². The maximum absolute atomic E-state index is 13.2. The zero-order valence-electron chi connectivity index (χ0n) is 15.8. The number of hydrogen-bond donors (Lipinski definition) is 1. The molecule has 3 aromatic rings. The van der Waals surface area contributed by atoms with E-state index in [0.29, 0.717) is 12.4 Å². The lowest BCUT2D eigenvalue weighted by Gasteiger charge is -2.27. The predicted octanol–water partition coefficient (Wildman–Crippen LogP) is 3.42. The van der Waals surface area contributed by atoms with Crippen molar-refractivity contribution >= 4 is 28.4 Å². The number of amides is 1. The van der Waals surface area contributed by atoms with E-state index < -0.39 is 0 Å². The zero-order chi connectivity index (χ0) is 19.3. The fourth-order valence-corrected chi connectivity index (χ4v) is 3.67. The average Bonchev–Trinajstić information content (AvgIpc) is 2.74. The van der Waals surface area contributed by atoms with Crippen LogP contribution in [0.5, 0.6) is 0 Å². The average molecular weight is 376 g/mol. The molecule has 0 unspecified atom stereocenters. The van der Waals surface area contributed by atoms with Gasteiger partial charge in [-0.2, -0.15) is 0 Å². The van der Waals surface area contributed by atoms with Gasteiger partial charge in [0.2, 0.25) is 5.91 Å². The lowest BCUT2D eigenvalue weighted by molar-refractivity contribution is -0.116. The van der Waals surface area contributed by atoms with Crippen LogP contribution in [0.1, 0.15) is 25.7 Å². The molecule has 6 nitrogen and oxygen atoms in total. The molecule has 0 saturated carbocycles. The van der Waals surface area contributed by atoms with Crippen LogP contribution in [0.3, 0.4) is 0 Å². The molecule has 28 heavy (non-hydrogen) atoms. The number of piperidine rings is 1. The molecule has 1 fully saturated rings. The summed E-state index contributed by atoms with van der Waals surface area (Å²) < 4.78 is 1.69. The van der Waals surface area contributed by atoms with E-state index in [1.165, 1.54) is 6.42 Å². The van der Waals surface area contributed by atoms with E-state index in [0.717, 1.165) is 42.7 Å². The molecule has 4 rings (SSSR count). The molecule has 1 N–H and O–H groups in total. The monoisotopic (exact) mass is 376 g/mol. The van der Waals surface area contributed by atoms with Crippen LogP contribution in [0.25, 0.3) is 11.0 Å². The number of rotatable bonds is 5. The minimum Gasteiger partial charge on any atom is -0.352 e. The summed E-state index contributed by atoms with van der Waals surface area (Å²) in [5.41, 5.74) is 2.19. The van der Waals surface area contributed by atoms with Crippen molar-refractivity contribution in [1.82, 2.24) is 9.55 Å². The van der Waals surface area contributed by atoms with E-state index in [1.807, 2.05) is 54.6 Å². The number of benzene rings is 2. The Labute approximate surface area is 163 Å². The van der Waals surface area contributed by atoms with E-state index in [9.17, 15) is 9.59 Å². The number of para-hydroxylation sites is 3. The minimum absolute atomic E-state index is 0.112. The summed E-state index contributed by atoms with van der Waals surface area (Å²) in [7, 11) is 0. The first-order chi connectivity index (χ1) is 13.7. The lowest BCUT2D eigenvalue weighted by Crippen LogP contribution is -2.37. The standard InChI is InChI=1S/C22H24N4O2/c27-20(23-17-9-3-1-4-10-17)13-16-26-19-12-6-5-11-18(19)24-21(22(26)28)25-14-7-2-8-15-25/h1,3-6,9-12H,2,7-8,13-16H2,(H,23,27). The quantitative estimate of drug-likeness (QED) is 0.741. The minimum atomic E-state index is -0.117. The lowest BCUT2D eigenvalue weighted by atomic mass is 10.1. The third kappa shape index (κ3) is 3.91. The second kappa shape index (κ2) is 8.25. The normalized spacial score (nSPS) is 14.2. The SMILES string of the molecule is O=C(CCn1c(=O)c(N2CCCCC2)nc2ccccc21)Nc1ccccc1. The van der Waals surface area contributed by atoms with Gasteiger partial charge in [-0.3, -0.25) is 9.59 Å². The van der Waals surface area contributed by atoms with Crippen LogP contribution in [-0.4, -0.2) is 28.5 Å². The van der Waals surface area contributed by atoms with Crippen LogP contribution < -0.4 is 15.8 Å². The molecule has 2 heterocycles. The molecule has 1 amide bonds. The predicted molar refractivity (Wildman–Crippen MR) is 112 cm³/mol. The van der Waals surface area contributed by atoms with Crippen molar-refractivity contribution in [1.29, 1.82) is 0 Å². The first kappa shape index (κ1) is 18.2. The fraction of sp³-hybridized carbons (Fsp3) is 0.318. The number of hydrogen-bond acceptors (Lipinski definition) is 4. The van der Waals surface area contributed by atoms with Crippen molar-refractivity contribution in [3.05, 3.63) is 65.0 Å².